The molecule has 0 saturated heterocycles. The molecule has 0 aliphatic carbocycles. The van der Waals surface area contributed by atoms with Gasteiger partial charge in [-0.05, 0) is 13.3 Å². The highest BCUT2D eigenvalue weighted by Gasteiger charge is 2.14. The lowest BCUT2D eigenvalue weighted by atomic mass is 10.3. The van der Waals surface area contributed by atoms with Crippen LogP contribution in [0.1, 0.15) is 20.3 Å². The minimum Gasteiger partial charge on any atom is -0.468 e. The number of ether oxygens (including phenoxy) is 1. The van der Waals surface area contributed by atoms with Gasteiger partial charge < -0.3 is 10.1 Å². The van der Waals surface area contributed by atoms with Crippen molar-refractivity contribution in [2.45, 2.75) is 26.3 Å². The molecule has 0 amide bonds. The molecular weight excluding hydrogens is 218 g/mol. The zero-order valence-corrected chi connectivity index (χ0v) is 10.3. The second-order valence-electron chi connectivity index (χ2n) is 3.35. The van der Waals surface area contributed by atoms with Crippen LogP contribution in [0, 0.1) is 0 Å². The molecule has 0 spiro atoms. The van der Waals surface area contributed by atoms with E-state index in [-0.39, 0.29) is 24.0 Å². The van der Waals surface area contributed by atoms with Crippen LogP contribution in [0.5, 0.6) is 0 Å². The molecule has 1 N–H and O–H groups in total. The standard InChI is InChI=1S/C9H19NO4S/c1-4-6-15(12,13)7-5-10-8(2)9(11)14-3/h8,10H,4-7H2,1-3H3. The minimum absolute atomic E-state index is 0.0577. The van der Waals surface area contributed by atoms with E-state index in [0.29, 0.717) is 6.42 Å². The summed E-state index contributed by atoms with van der Waals surface area (Å²) >= 11 is 0. The van der Waals surface area contributed by atoms with Gasteiger partial charge >= 0.3 is 5.97 Å². The first-order valence-corrected chi connectivity index (χ1v) is 6.76. The van der Waals surface area contributed by atoms with E-state index in [0.717, 1.165) is 0 Å². The largest absolute Gasteiger partial charge is 0.468 e. The van der Waals surface area contributed by atoms with Gasteiger partial charge in [0.15, 0.2) is 9.84 Å². The second-order valence-corrected chi connectivity index (χ2v) is 5.65. The Morgan fingerprint density at radius 3 is 2.47 bits per heavy atom. The van der Waals surface area contributed by atoms with E-state index >= 15 is 0 Å². The van der Waals surface area contributed by atoms with Gasteiger partial charge in [0.25, 0.3) is 0 Å². The van der Waals surface area contributed by atoms with Gasteiger partial charge in [-0.25, -0.2) is 8.42 Å². The summed E-state index contributed by atoms with van der Waals surface area (Å²) in [6.07, 6.45) is 0.620. The van der Waals surface area contributed by atoms with Crippen LogP contribution >= 0.6 is 0 Å². The maximum absolute atomic E-state index is 11.3. The van der Waals surface area contributed by atoms with Gasteiger partial charge in [-0.2, -0.15) is 0 Å². The van der Waals surface area contributed by atoms with Crippen molar-refractivity contribution >= 4 is 15.8 Å². The summed E-state index contributed by atoms with van der Waals surface area (Å²) in [5, 5.41) is 2.79. The Morgan fingerprint density at radius 2 is 2.00 bits per heavy atom. The Bertz CT molecular complexity index is 286. The average molecular weight is 237 g/mol. The molecule has 0 aromatic heterocycles. The fourth-order valence-corrected chi connectivity index (χ4v) is 2.36. The smallest absolute Gasteiger partial charge is 0.322 e. The molecule has 1 unspecified atom stereocenters. The Labute approximate surface area is 91.1 Å². The topological polar surface area (TPSA) is 72.5 Å². The molecule has 15 heavy (non-hydrogen) atoms. The molecule has 5 nitrogen and oxygen atoms in total. The van der Waals surface area contributed by atoms with Gasteiger partial charge in [0.1, 0.15) is 6.04 Å². The van der Waals surface area contributed by atoms with Crippen molar-refractivity contribution in [1.82, 2.24) is 5.32 Å². The summed E-state index contributed by atoms with van der Waals surface area (Å²) in [6, 6.07) is -0.466. The lowest BCUT2D eigenvalue weighted by Crippen LogP contribution is -2.37. The number of carbonyl (C=O) groups excluding carboxylic acids is 1. The summed E-state index contributed by atoms with van der Waals surface area (Å²) in [5.41, 5.74) is 0. The van der Waals surface area contributed by atoms with Crippen LogP contribution in [0.4, 0.5) is 0 Å². The summed E-state index contributed by atoms with van der Waals surface area (Å²) in [7, 11) is -1.67. The maximum atomic E-state index is 11.3. The highest BCUT2D eigenvalue weighted by atomic mass is 32.2. The van der Waals surface area contributed by atoms with E-state index in [9.17, 15) is 13.2 Å². The normalized spacial score (nSPS) is 13.5. The molecular formula is C9H19NO4S. The summed E-state index contributed by atoms with van der Waals surface area (Å²) in [6.45, 7) is 3.74. The van der Waals surface area contributed by atoms with Crippen molar-refractivity contribution in [1.29, 1.82) is 0 Å². The predicted molar refractivity (Wildman–Crippen MR) is 58.4 cm³/mol. The van der Waals surface area contributed by atoms with Crippen molar-refractivity contribution in [3.05, 3.63) is 0 Å². The van der Waals surface area contributed by atoms with E-state index in [4.69, 9.17) is 0 Å². The van der Waals surface area contributed by atoms with Gasteiger partial charge in [0, 0.05) is 12.3 Å². The molecule has 0 rings (SSSR count). The van der Waals surface area contributed by atoms with Crippen LogP contribution in [-0.2, 0) is 19.4 Å². The molecule has 0 aliphatic rings. The van der Waals surface area contributed by atoms with E-state index in [1.807, 2.05) is 6.92 Å². The number of nitrogens with one attached hydrogen (secondary N) is 1. The average Bonchev–Trinajstić information content (AvgIpc) is 2.15. The Hall–Kier alpha value is -0.620. The number of hydrogen-bond acceptors (Lipinski definition) is 5. The van der Waals surface area contributed by atoms with Gasteiger partial charge in [-0.1, -0.05) is 6.92 Å². The third-order valence-corrected chi connectivity index (χ3v) is 3.79. The van der Waals surface area contributed by atoms with Crippen LogP contribution < -0.4 is 5.32 Å². The number of sulfone groups is 1. The SMILES string of the molecule is CCCS(=O)(=O)CCNC(C)C(=O)OC. The lowest BCUT2D eigenvalue weighted by molar-refractivity contribution is -0.142. The fourth-order valence-electron chi connectivity index (χ4n) is 1.10. The van der Waals surface area contributed by atoms with Crippen molar-refractivity contribution in [3.63, 3.8) is 0 Å². The summed E-state index contributed by atoms with van der Waals surface area (Å²) in [4.78, 5) is 11.0. The molecule has 0 aromatic rings. The van der Waals surface area contributed by atoms with E-state index in [1.54, 1.807) is 6.92 Å². The number of esters is 1. The lowest BCUT2D eigenvalue weighted by Gasteiger charge is -2.11. The molecule has 0 bridgehead atoms. The van der Waals surface area contributed by atoms with Crippen molar-refractivity contribution in [3.8, 4) is 0 Å². The predicted octanol–water partition coefficient (Wildman–Crippen LogP) is -0.0377. The summed E-state index contributed by atoms with van der Waals surface area (Å²) in [5.74, 6) is -0.133. The second kappa shape index (κ2) is 6.79. The zero-order valence-electron chi connectivity index (χ0n) is 9.45. The molecule has 1 atom stereocenters. The van der Waals surface area contributed by atoms with Crippen LogP contribution in [0.3, 0.4) is 0 Å². The highest BCUT2D eigenvalue weighted by molar-refractivity contribution is 7.91. The van der Waals surface area contributed by atoms with Gasteiger partial charge in [-0.15, -0.1) is 0 Å². The molecule has 0 fully saturated rings. The number of rotatable bonds is 7. The minimum atomic E-state index is -2.97. The molecule has 0 saturated carbocycles. The van der Waals surface area contributed by atoms with Gasteiger partial charge in [0.05, 0.1) is 12.9 Å². The molecule has 6 heteroatoms. The first kappa shape index (κ1) is 14.4. The maximum Gasteiger partial charge on any atom is 0.322 e. The third-order valence-electron chi connectivity index (χ3n) is 1.93. The number of hydrogen-bond donors (Lipinski definition) is 1. The van der Waals surface area contributed by atoms with Crippen LogP contribution in [0.25, 0.3) is 0 Å². The van der Waals surface area contributed by atoms with Gasteiger partial charge in [0.2, 0.25) is 0 Å². The summed E-state index contributed by atoms with van der Waals surface area (Å²) < 4.78 is 27.1. The molecule has 0 aliphatic heterocycles. The number of methoxy groups -OCH3 is 1. The van der Waals surface area contributed by atoms with Crippen molar-refractivity contribution in [2.75, 3.05) is 25.2 Å². The fraction of sp³-hybridized carbons (Fsp3) is 0.889. The van der Waals surface area contributed by atoms with E-state index in [2.05, 4.69) is 10.1 Å². The highest BCUT2D eigenvalue weighted by Crippen LogP contribution is 1.93. The van der Waals surface area contributed by atoms with Crippen molar-refractivity contribution in [2.24, 2.45) is 0 Å². The third kappa shape index (κ3) is 6.46. The Balaban J connectivity index is 3.84. The Kier molecular flexibility index (Phi) is 6.51. The van der Waals surface area contributed by atoms with Crippen LogP contribution in [-0.4, -0.2) is 45.6 Å². The molecule has 0 heterocycles. The van der Waals surface area contributed by atoms with E-state index < -0.39 is 15.9 Å². The van der Waals surface area contributed by atoms with Crippen LogP contribution in [0.2, 0.25) is 0 Å². The molecule has 90 valence electrons. The molecule has 0 radical (unpaired) electrons. The quantitative estimate of drug-likeness (QED) is 0.629. The van der Waals surface area contributed by atoms with E-state index in [1.165, 1.54) is 7.11 Å². The van der Waals surface area contributed by atoms with Gasteiger partial charge in [-0.3, -0.25) is 4.79 Å². The zero-order chi connectivity index (χ0) is 11.9. The van der Waals surface area contributed by atoms with Crippen molar-refractivity contribution < 1.29 is 17.9 Å². The number of carbonyl (C=O) groups is 1. The Morgan fingerprint density at radius 1 is 1.40 bits per heavy atom. The first-order chi connectivity index (χ1) is 6.93. The molecule has 0 aromatic carbocycles. The monoisotopic (exact) mass is 237 g/mol. The first-order valence-electron chi connectivity index (χ1n) is 4.94. The van der Waals surface area contributed by atoms with Crippen LogP contribution in [0.15, 0.2) is 0 Å².